The minimum Gasteiger partial charge on any atom is -0.303 e. The Balaban J connectivity index is 1.81. The Labute approximate surface area is 146 Å². The largest absolute Gasteiger partial charge is 0.303 e. The fourth-order valence-electron chi connectivity index (χ4n) is 2.92. The Kier molecular flexibility index (Phi) is 8.23. The zero-order valence-corrected chi connectivity index (χ0v) is 14.8. The van der Waals surface area contributed by atoms with Gasteiger partial charge < -0.3 is 4.79 Å². The van der Waals surface area contributed by atoms with E-state index in [-0.39, 0.29) is 0 Å². The van der Waals surface area contributed by atoms with Crippen LogP contribution in [0, 0.1) is 0 Å². The lowest BCUT2D eigenvalue weighted by atomic mass is 10.0. The Morgan fingerprint density at radius 1 is 0.833 bits per heavy atom. The quantitative estimate of drug-likeness (QED) is 0.387. The number of rotatable bonds is 11. The molecule has 0 radical (unpaired) electrons. The van der Waals surface area contributed by atoms with Crippen LogP contribution in [-0.2, 0) is 17.6 Å². The summed E-state index contributed by atoms with van der Waals surface area (Å²) in [6, 6.07) is 12.9. The number of unbranched alkanes of at least 4 members (excludes halogenated alkanes) is 5. The summed E-state index contributed by atoms with van der Waals surface area (Å²) in [5, 5.41) is 0. The number of carbonyl (C=O) groups is 1. The SMILES string of the molecule is CCCCCCCCc1ccc(-c2ccc(CCC=O)cn2)cc1. The van der Waals surface area contributed by atoms with Crippen molar-refractivity contribution >= 4 is 6.29 Å². The molecule has 1 aromatic heterocycles. The van der Waals surface area contributed by atoms with Crippen molar-refractivity contribution in [2.75, 3.05) is 0 Å². The molecule has 2 aromatic rings. The Bertz CT molecular complexity index is 586. The number of aryl methyl sites for hydroxylation is 2. The van der Waals surface area contributed by atoms with Gasteiger partial charge in [-0.15, -0.1) is 0 Å². The molecule has 2 heteroatoms. The molecule has 128 valence electrons. The predicted octanol–water partition coefficient (Wildman–Crippen LogP) is 5.78. The molecule has 0 fully saturated rings. The van der Waals surface area contributed by atoms with Gasteiger partial charge >= 0.3 is 0 Å². The lowest BCUT2D eigenvalue weighted by molar-refractivity contribution is -0.107. The van der Waals surface area contributed by atoms with Crippen LogP contribution < -0.4 is 0 Å². The molecule has 2 rings (SSSR count). The third-order valence-corrected chi connectivity index (χ3v) is 4.44. The molecule has 0 bridgehead atoms. The molecule has 0 amide bonds. The van der Waals surface area contributed by atoms with Gasteiger partial charge in [0, 0.05) is 18.2 Å². The van der Waals surface area contributed by atoms with Crippen LogP contribution in [0.3, 0.4) is 0 Å². The van der Waals surface area contributed by atoms with Crippen LogP contribution in [0.25, 0.3) is 11.3 Å². The maximum absolute atomic E-state index is 10.4. The standard InChI is InChI=1S/C22H29NO/c1-2-3-4-5-6-7-9-19-11-14-21(15-12-19)22-16-13-20(18-23-22)10-8-17-24/h11-18H,2-10H2,1H3. The molecular formula is C22H29NO. The van der Waals surface area contributed by atoms with E-state index in [1.54, 1.807) is 0 Å². The number of hydrogen-bond donors (Lipinski definition) is 0. The topological polar surface area (TPSA) is 30.0 Å². The molecular weight excluding hydrogens is 294 g/mol. The first-order chi connectivity index (χ1) is 11.8. The van der Waals surface area contributed by atoms with Crippen molar-refractivity contribution in [2.45, 2.75) is 64.7 Å². The molecule has 0 aliphatic rings. The average molecular weight is 323 g/mol. The van der Waals surface area contributed by atoms with Gasteiger partial charge in [-0.1, -0.05) is 69.4 Å². The fraction of sp³-hybridized carbons (Fsp3) is 0.455. The molecule has 1 aromatic carbocycles. The first-order valence-corrected chi connectivity index (χ1v) is 9.31. The van der Waals surface area contributed by atoms with Crippen molar-refractivity contribution in [3.63, 3.8) is 0 Å². The second kappa shape index (κ2) is 10.7. The second-order valence-electron chi connectivity index (χ2n) is 6.47. The van der Waals surface area contributed by atoms with Gasteiger partial charge in [-0.2, -0.15) is 0 Å². The van der Waals surface area contributed by atoms with Gasteiger partial charge in [0.25, 0.3) is 0 Å². The summed E-state index contributed by atoms with van der Waals surface area (Å²) in [6.45, 7) is 2.26. The van der Waals surface area contributed by atoms with Crippen molar-refractivity contribution in [3.05, 3.63) is 53.7 Å². The highest BCUT2D eigenvalue weighted by Gasteiger charge is 2.01. The van der Waals surface area contributed by atoms with Crippen molar-refractivity contribution in [2.24, 2.45) is 0 Å². The van der Waals surface area contributed by atoms with E-state index < -0.39 is 0 Å². The number of carbonyl (C=O) groups excluding carboxylic acids is 1. The normalized spacial score (nSPS) is 10.7. The van der Waals surface area contributed by atoms with E-state index in [4.69, 9.17) is 0 Å². The molecule has 1 heterocycles. The number of aromatic nitrogens is 1. The van der Waals surface area contributed by atoms with Crippen LogP contribution in [0.4, 0.5) is 0 Å². The maximum atomic E-state index is 10.4. The second-order valence-corrected chi connectivity index (χ2v) is 6.47. The molecule has 0 saturated carbocycles. The highest BCUT2D eigenvalue weighted by atomic mass is 16.1. The van der Waals surface area contributed by atoms with Crippen LogP contribution in [0.1, 0.15) is 63.0 Å². The van der Waals surface area contributed by atoms with E-state index >= 15 is 0 Å². The summed E-state index contributed by atoms with van der Waals surface area (Å²) < 4.78 is 0. The minimum absolute atomic E-state index is 0.564. The molecule has 24 heavy (non-hydrogen) atoms. The highest BCUT2D eigenvalue weighted by molar-refractivity contribution is 5.59. The van der Waals surface area contributed by atoms with Crippen LogP contribution in [0.15, 0.2) is 42.6 Å². The molecule has 0 aliphatic heterocycles. The highest BCUT2D eigenvalue weighted by Crippen LogP contribution is 2.19. The van der Waals surface area contributed by atoms with Gasteiger partial charge in [0.05, 0.1) is 5.69 Å². The van der Waals surface area contributed by atoms with Crippen LogP contribution in [0.2, 0.25) is 0 Å². The summed E-state index contributed by atoms with van der Waals surface area (Å²) in [6.07, 6.45) is 13.4. The average Bonchev–Trinajstić information content (AvgIpc) is 2.64. The smallest absolute Gasteiger partial charge is 0.120 e. The number of pyridine rings is 1. The van der Waals surface area contributed by atoms with E-state index in [0.717, 1.165) is 29.5 Å². The van der Waals surface area contributed by atoms with Gasteiger partial charge in [-0.3, -0.25) is 4.98 Å². The van der Waals surface area contributed by atoms with E-state index in [1.165, 1.54) is 50.5 Å². The summed E-state index contributed by atoms with van der Waals surface area (Å²) in [5.41, 5.74) is 4.68. The summed E-state index contributed by atoms with van der Waals surface area (Å²) in [4.78, 5) is 14.9. The molecule has 0 N–H and O–H groups in total. The Hall–Kier alpha value is -1.96. The van der Waals surface area contributed by atoms with Gasteiger partial charge in [0.1, 0.15) is 6.29 Å². The van der Waals surface area contributed by atoms with Gasteiger partial charge in [-0.05, 0) is 36.5 Å². The van der Waals surface area contributed by atoms with E-state index in [2.05, 4.69) is 42.2 Å². The number of aldehydes is 1. The minimum atomic E-state index is 0.564. The summed E-state index contributed by atoms with van der Waals surface area (Å²) in [7, 11) is 0. The Morgan fingerprint density at radius 2 is 1.54 bits per heavy atom. The van der Waals surface area contributed by atoms with Gasteiger partial charge in [-0.25, -0.2) is 0 Å². The van der Waals surface area contributed by atoms with Crippen molar-refractivity contribution < 1.29 is 4.79 Å². The first-order valence-electron chi connectivity index (χ1n) is 9.31. The zero-order chi connectivity index (χ0) is 17.0. The van der Waals surface area contributed by atoms with E-state index in [0.29, 0.717) is 6.42 Å². The summed E-state index contributed by atoms with van der Waals surface area (Å²) >= 11 is 0. The number of hydrogen-bond acceptors (Lipinski definition) is 2. The van der Waals surface area contributed by atoms with Gasteiger partial charge in [0.15, 0.2) is 0 Å². The number of nitrogens with zero attached hydrogens (tertiary/aromatic N) is 1. The third kappa shape index (κ3) is 6.27. The monoisotopic (exact) mass is 323 g/mol. The first kappa shape index (κ1) is 18.4. The maximum Gasteiger partial charge on any atom is 0.120 e. The fourth-order valence-corrected chi connectivity index (χ4v) is 2.92. The molecule has 0 spiro atoms. The molecule has 0 unspecified atom stereocenters. The third-order valence-electron chi connectivity index (χ3n) is 4.44. The predicted molar refractivity (Wildman–Crippen MR) is 101 cm³/mol. The van der Waals surface area contributed by atoms with Crippen molar-refractivity contribution in [1.82, 2.24) is 4.98 Å². The van der Waals surface area contributed by atoms with E-state index in [1.807, 2.05) is 12.3 Å². The van der Waals surface area contributed by atoms with Crippen LogP contribution in [-0.4, -0.2) is 11.3 Å². The van der Waals surface area contributed by atoms with Crippen LogP contribution >= 0.6 is 0 Å². The van der Waals surface area contributed by atoms with Crippen molar-refractivity contribution in [1.29, 1.82) is 0 Å². The van der Waals surface area contributed by atoms with Crippen LogP contribution in [0.5, 0.6) is 0 Å². The Morgan fingerprint density at radius 3 is 2.21 bits per heavy atom. The molecule has 2 nitrogen and oxygen atoms in total. The number of benzene rings is 1. The lowest BCUT2D eigenvalue weighted by Crippen LogP contribution is -1.90. The summed E-state index contributed by atoms with van der Waals surface area (Å²) in [5.74, 6) is 0. The molecule has 0 aliphatic carbocycles. The molecule has 0 saturated heterocycles. The van der Waals surface area contributed by atoms with Crippen molar-refractivity contribution in [3.8, 4) is 11.3 Å². The van der Waals surface area contributed by atoms with Gasteiger partial charge in [0.2, 0.25) is 0 Å². The zero-order valence-electron chi connectivity index (χ0n) is 14.8. The van der Waals surface area contributed by atoms with E-state index in [9.17, 15) is 4.79 Å². The molecule has 0 atom stereocenters. The lowest BCUT2D eigenvalue weighted by Gasteiger charge is -2.05.